The van der Waals surface area contributed by atoms with Gasteiger partial charge in [0.25, 0.3) is 0 Å². The zero-order valence-electron chi connectivity index (χ0n) is 19.8. The second-order valence-electron chi connectivity index (χ2n) is 9.58. The first-order valence-electron chi connectivity index (χ1n) is 12.2. The van der Waals surface area contributed by atoms with Crippen LogP contribution in [0.25, 0.3) is 11.2 Å². The Kier molecular flexibility index (Phi) is 6.66. The Balaban J connectivity index is 1.36. The van der Waals surface area contributed by atoms with Gasteiger partial charge in [-0.15, -0.1) is 5.10 Å². The van der Waals surface area contributed by atoms with E-state index in [9.17, 15) is 13.2 Å². The summed E-state index contributed by atoms with van der Waals surface area (Å²) >= 11 is 0. The van der Waals surface area contributed by atoms with Crippen molar-refractivity contribution in [2.24, 2.45) is 0 Å². The number of nitrogens with one attached hydrogen (secondary N) is 2. The number of nitrogens with two attached hydrogens (primary N) is 1. The van der Waals surface area contributed by atoms with Crippen LogP contribution in [0.4, 0.5) is 19.0 Å². The minimum atomic E-state index is -4.34. The summed E-state index contributed by atoms with van der Waals surface area (Å²) in [4.78, 5) is 4.21. The Morgan fingerprint density at radius 2 is 1.67 bits per heavy atom. The van der Waals surface area contributed by atoms with Crippen molar-refractivity contribution < 1.29 is 13.2 Å². The number of hydrogen-bond acceptors (Lipinski definition) is 5. The molecule has 0 saturated heterocycles. The molecule has 0 aliphatic heterocycles. The summed E-state index contributed by atoms with van der Waals surface area (Å²) in [7, 11) is 0. The molecular weight excluding hydrogens is 465 g/mol. The van der Waals surface area contributed by atoms with Crippen LogP contribution in [0, 0.1) is 0 Å². The average molecular weight is 495 g/mol. The molecule has 2 aromatic carbocycles. The molecule has 1 aliphatic rings. The van der Waals surface area contributed by atoms with E-state index in [1.807, 2.05) is 60.7 Å². The lowest BCUT2D eigenvalue weighted by Crippen LogP contribution is -2.58. The first-order valence-corrected chi connectivity index (χ1v) is 12.2. The van der Waals surface area contributed by atoms with E-state index in [-0.39, 0.29) is 31.2 Å². The lowest BCUT2D eigenvalue weighted by molar-refractivity contribution is -0.206. The van der Waals surface area contributed by atoms with E-state index in [1.54, 1.807) is 6.07 Å². The van der Waals surface area contributed by atoms with E-state index >= 15 is 0 Å². The van der Waals surface area contributed by atoms with Crippen LogP contribution in [-0.2, 0) is 0 Å². The van der Waals surface area contributed by atoms with Crippen LogP contribution in [0.5, 0.6) is 0 Å². The highest BCUT2D eigenvalue weighted by molar-refractivity contribution is 5.77. The molecule has 9 heteroatoms. The largest absolute Gasteiger partial charge is 0.406 e. The molecule has 1 aliphatic carbocycles. The van der Waals surface area contributed by atoms with E-state index in [4.69, 9.17) is 5.73 Å². The number of nitrogens with zero attached hydrogens (tertiary/aromatic N) is 3. The summed E-state index contributed by atoms with van der Waals surface area (Å²) in [6.45, 7) is 0.191. The van der Waals surface area contributed by atoms with Gasteiger partial charge in [-0.05, 0) is 67.3 Å². The topological polar surface area (TPSA) is 92.5 Å². The summed E-state index contributed by atoms with van der Waals surface area (Å²) in [5.74, 6) is 0.231. The first-order chi connectivity index (χ1) is 17.4. The van der Waals surface area contributed by atoms with Crippen LogP contribution in [0.3, 0.4) is 0 Å². The fourth-order valence-electron chi connectivity index (χ4n) is 5.52. The smallest absolute Gasteiger partial charge is 0.384 e. The number of alkyl halides is 3. The van der Waals surface area contributed by atoms with E-state index in [0.717, 1.165) is 16.7 Å². The van der Waals surface area contributed by atoms with Crippen LogP contribution in [0.1, 0.15) is 60.6 Å². The molecule has 1 atom stereocenters. The van der Waals surface area contributed by atoms with E-state index in [2.05, 4.69) is 25.7 Å². The molecule has 188 valence electrons. The SMILES string of the molecule is Nc1cc(C(CCNC2(C(F)(F)F)CCC(c3ccccc3)CC2)c2ccccc2)c2n[nH]nc2n1. The zero-order chi connectivity index (χ0) is 25.2. The van der Waals surface area contributed by atoms with E-state index in [0.29, 0.717) is 36.2 Å². The van der Waals surface area contributed by atoms with Crippen LogP contribution < -0.4 is 11.1 Å². The normalized spacial score (nSPS) is 21.5. The number of aromatic nitrogens is 4. The van der Waals surface area contributed by atoms with Crippen molar-refractivity contribution in [3.05, 3.63) is 83.4 Å². The van der Waals surface area contributed by atoms with Crippen molar-refractivity contribution in [3.63, 3.8) is 0 Å². The molecule has 1 fully saturated rings. The van der Waals surface area contributed by atoms with Crippen molar-refractivity contribution in [2.75, 3.05) is 12.3 Å². The van der Waals surface area contributed by atoms with Gasteiger partial charge in [-0.25, -0.2) is 4.98 Å². The number of aromatic amines is 1. The molecule has 6 nitrogen and oxygen atoms in total. The number of hydrogen-bond donors (Lipinski definition) is 3. The van der Waals surface area contributed by atoms with Gasteiger partial charge >= 0.3 is 6.18 Å². The zero-order valence-corrected chi connectivity index (χ0v) is 19.8. The maximum absolute atomic E-state index is 14.4. The molecular formula is C27H29F3N6. The molecule has 2 aromatic heterocycles. The lowest BCUT2D eigenvalue weighted by Gasteiger charge is -2.42. The van der Waals surface area contributed by atoms with Crippen LogP contribution in [0.15, 0.2) is 66.7 Å². The highest BCUT2D eigenvalue weighted by atomic mass is 19.4. The standard InChI is InChI=1S/C27H29F3N6/c28-27(29,30)26(14-11-19(12-15-26)18-7-3-1-4-8-18)32-16-13-21(20-9-5-2-6-10-20)22-17-23(31)33-25-24(22)34-36-35-25/h1-10,17,19,21,32H,11-16H2,(H3,31,33,34,35,36). The van der Waals surface area contributed by atoms with Crippen molar-refractivity contribution in [1.82, 2.24) is 25.7 Å². The summed E-state index contributed by atoms with van der Waals surface area (Å²) in [6, 6.07) is 21.3. The molecule has 4 aromatic rings. The molecule has 4 N–H and O–H groups in total. The van der Waals surface area contributed by atoms with E-state index < -0.39 is 11.7 Å². The number of rotatable bonds is 7. The summed E-state index contributed by atoms with van der Waals surface area (Å²) in [6.07, 6.45) is -2.78. The highest BCUT2D eigenvalue weighted by Crippen LogP contribution is 2.46. The molecule has 0 radical (unpaired) electrons. The molecule has 5 rings (SSSR count). The quantitative estimate of drug-likeness (QED) is 0.306. The fourth-order valence-corrected chi connectivity index (χ4v) is 5.52. The van der Waals surface area contributed by atoms with Crippen LogP contribution in [-0.4, -0.2) is 38.7 Å². The predicted molar refractivity (Wildman–Crippen MR) is 133 cm³/mol. The van der Waals surface area contributed by atoms with Crippen molar-refractivity contribution in [3.8, 4) is 0 Å². The molecule has 0 amide bonds. The van der Waals surface area contributed by atoms with Crippen molar-refractivity contribution in [2.45, 2.75) is 55.7 Å². The molecule has 0 spiro atoms. The van der Waals surface area contributed by atoms with E-state index in [1.165, 1.54) is 0 Å². The van der Waals surface area contributed by atoms with Gasteiger partial charge < -0.3 is 11.1 Å². The first kappa shape index (κ1) is 24.2. The third-order valence-corrected chi connectivity index (χ3v) is 7.47. The average Bonchev–Trinajstić information content (AvgIpc) is 3.35. The minimum absolute atomic E-state index is 0.0573. The van der Waals surface area contributed by atoms with Crippen molar-refractivity contribution in [1.29, 1.82) is 0 Å². The number of anilines is 1. The number of H-pyrrole nitrogens is 1. The number of pyridine rings is 1. The molecule has 2 heterocycles. The molecule has 0 bridgehead atoms. The maximum Gasteiger partial charge on any atom is 0.406 e. The molecule has 36 heavy (non-hydrogen) atoms. The van der Waals surface area contributed by atoms with Gasteiger partial charge in [0, 0.05) is 5.92 Å². The number of fused-ring (bicyclic) bond motifs is 1. The summed E-state index contributed by atoms with van der Waals surface area (Å²) in [5, 5.41) is 13.8. The second-order valence-corrected chi connectivity index (χ2v) is 9.58. The minimum Gasteiger partial charge on any atom is -0.384 e. The number of nitrogen functional groups attached to an aromatic ring is 1. The van der Waals surface area contributed by atoms with Gasteiger partial charge in [-0.1, -0.05) is 60.7 Å². The molecule has 1 unspecified atom stereocenters. The monoisotopic (exact) mass is 494 g/mol. The second kappa shape index (κ2) is 9.89. The Labute approximate surface area is 207 Å². The summed E-state index contributed by atoms with van der Waals surface area (Å²) in [5.41, 5.74) is 8.00. The third kappa shape index (κ3) is 4.80. The Morgan fingerprint density at radius 1 is 1.00 bits per heavy atom. The third-order valence-electron chi connectivity index (χ3n) is 7.47. The summed E-state index contributed by atoms with van der Waals surface area (Å²) < 4.78 is 43.2. The maximum atomic E-state index is 14.4. The van der Waals surface area contributed by atoms with Gasteiger partial charge in [0.2, 0.25) is 5.65 Å². The van der Waals surface area contributed by atoms with Gasteiger partial charge in [0.1, 0.15) is 16.9 Å². The predicted octanol–water partition coefficient (Wildman–Crippen LogP) is 5.71. The Bertz CT molecular complexity index is 1280. The fraction of sp³-hybridized carbons (Fsp3) is 0.370. The van der Waals surface area contributed by atoms with Gasteiger partial charge in [0.15, 0.2) is 0 Å². The molecule has 1 saturated carbocycles. The number of benzene rings is 2. The van der Waals surface area contributed by atoms with Crippen LogP contribution in [0.2, 0.25) is 0 Å². The van der Waals surface area contributed by atoms with Gasteiger partial charge in [-0.2, -0.15) is 23.5 Å². The lowest BCUT2D eigenvalue weighted by atomic mass is 9.73. The van der Waals surface area contributed by atoms with Gasteiger partial charge in [-0.3, -0.25) is 0 Å². The number of halogens is 3. The Hall–Kier alpha value is -3.46. The van der Waals surface area contributed by atoms with Crippen molar-refractivity contribution >= 4 is 17.0 Å². The highest BCUT2D eigenvalue weighted by Gasteiger charge is 2.55. The van der Waals surface area contributed by atoms with Gasteiger partial charge in [0.05, 0.1) is 0 Å². The Morgan fingerprint density at radius 3 is 2.33 bits per heavy atom. The van der Waals surface area contributed by atoms with Crippen LogP contribution >= 0.6 is 0 Å².